The summed E-state index contributed by atoms with van der Waals surface area (Å²) in [7, 11) is 0. The predicted octanol–water partition coefficient (Wildman–Crippen LogP) is 1.04. The summed E-state index contributed by atoms with van der Waals surface area (Å²) in [4.78, 5) is 37.9. The average Bonchev–Trinajstić information content (AvgIpc) is 2.90. The van der Waals surface area contributed by atoms with Gasteiger partial charge >= 0.3 is 5.97 Å². The fourth-order valence-corrected chi connectivity index (χ4v) is 2.91. The Kier molecular flexibility index (Phi) is 8.66. The standard InChI is InChI=1S/C18H31NO7/c1-6-9-19(10-7-2)16(22)15-14(25-18(4,5)26-15)12(20)11-13(21)17(23)24-8-3/h12,14-15,20H,6-11H2,1-5H3/t12-,14+,15+/m0/s1. The molecule has 1 N–H and O–H groups in total. The smallest absolute Gasteiger partial charge is 0.374 e. The topological polar surface area (TPSA) is 102 Å². The molecule has 1 fully saturated rings. The van der Waals surface area contributed by atoms with Crippen molar-refractivity contribution in [2.45, 2.75) is 78.0 Å². The van der Waals surface area contributed by atoms with E-state index in [1.165, 1.54) is 0 Å². The lowest BCUT2D eigenvalue weighted by Crippen LogP contribution is -2.48. The van der Waals surface area contributed by atoms with Crippen LogP contribution in [0.3, 0.4) is 0 Å². The number of rotatable bonds is 10. The Morgan fingerprint density at radius 2 is 1.69 bits per heavy atom. The summed E-state index contributed by atoms with van der Waals surface area (Å²) in [5.74, 6) is -3.24. The maximum Gasteiger partial charge on any atom is 0.374 e. The van der Waals surface area contributed by atoms with E-state index < -0.39 is 42.3 Å². The summed E-state index contributed by atoms with van der Waals surface area (Å²) in [6.07, 6.45) is -2.34. The number of aliphatic hydroxyl groups is 1. The lowest BCUT2D eigenvalue weighted by Gasteiger charge is -2.27. The van der Waals surface area contributed by atoms with Crippen LogP contribution in [0.15, 0.2) is 0 Å². The number of ketones is 1. The van der Waals surface area contributed by atoms with E-state index in [9.17, 15) is 19.5 Å². The van der Waals surface area contributed by atoms with E-state index in [1.54, 1.807) is 25.7 Å². The van der Waals surface area contributed by atoms with Gasteiger partial charge in [0.2, 0.25) is 5.78 Å². The molecular weight excluding hydrogens is 342 g/mol. The molecule has 150 valence electrons. The van der Waals surface area contributed by atoms with E-state index in [-0.39, 0.29) is 12.5 Å². The minimum atomic E-state index is -1.35. The maximum absolute atomic E-state index is 12.9. The molecule has 0 radical (unpaired) electrons. The van der Waals surface area contributed by atoms with Crippen molar-refractivity contribution in [3.05, 3.63) is 0 Å². The van der Waals surface area contributed by atoms with Crippen LogP contribution in [0.1, 0.15) is 53.9 Å². The molecule has 1 aliphatic rings. The zero-order valence-electron chi connectivity index (χ0n) is 16.3. The van der Waals surface area contributed by atoms with E-state index in [0.29, 0.717) is 13.1 Å². The third kappa shape index (κ3) is 6.03. The van der Waals surface area contributed by atoms with Gasteiger partial charge in [-0.05, 0) is 33.6 Å². The maximum atomic E-state index is 12.9. The van der Waals surface area contributed by atoms with Crippen molar-refractivity contribution in [3.63, 3.8) is 0 Å². The Labute approximate surface area is 154 Å². The summed E-state index contributed by atoms with van der Waals surface area (Å²) < 4.78 is 16.0. The van der Waals surface area contributed by atoms with Gasteiger partial charge in [0, 0.05) is 19.5 Å². The van der Waals surface area contributed by atoms with Crippen LogP contribution >= 0.6 is 0 Å². The van der Waals surface area contributed by atoms with Crippen molar-refractivity contribution in [2.24, 2.45) is 0 Å². The first kappa shape index (κ1) is 22.5. The van der Waals surface area contributed by atoms with Crippen LogP contribution in [0.2, 0.25) is 0 Å². The molecule has 0 aromatic heterocycles. The second-order valence-corrected chi connectivity index (χ2v) is 6.76. The molecule has 8 heteroatoms. The number of aliphatic hydroxyl groups excluding tert-OH is 1. The number of hydrogen-bond acceptors (Lipinski definition) is 7. The number of nitrogens with zero attached hydrogens (tertiary/aromatic N) is 1. The molecule has 26 heavy (non-hydrogen) atoms. The zero-order chi connectivity index (χ0) is 19.9. The highest BCUT2D eigenvalue weighted by Gasteiger charge is 2.50. The van der Waals surface area contributed by atoms with Gasteiger partial charge in [-0.15, -0.1) is 0 Å². The van der Waals surface area contributed by atoms with Gasteiger partial charge in [-0.2, -0.15) is 0 Å². The highest BCUT2D eigenvalue weighted by Crippen LogP contribution is 2.32. The van der Waals surface area contributed by atoms with E-state index in [0.717, 1.165) is 12.8 Å². The van der Waals surface area contributed by atoms with Gasteiger partial charge in [0.15, 0.2) is 11.9 Å². The molecule has 0 aliphatic carbocycles. The van der Waals surface area contributed by atoms with Crippen molar-refractivity contribution >= 4 is 17.7 Å². The second-order valence-electron chi connectivity index (χ2n) is 6.76. The molecule has 0 aromatic rings. The summed E-state index contributed by atoms with van der Waals surface area (Å²) in [5.41, 5.74) is 0. The Bertz CT molecular complexity index is 500. The number of hydrogen-bond donors (Lipinski definition) is 1. The Morgan fingerprint density at radius 3 is 2.19 bits per heavy atom. The minimum absolute atomic E-state index is 0.0703. The van der Waals surface area contributed by atoms with Crippen LogP contribution in [-0.2, 0) is 28.6 Å². The number of Topliss-reactive ketones (excluding diaryl/α,β-unsaturated/α-hetero) is 1. The Hall–Kier alpha value is -1.51. The van der Waals surface area contributed by atoms with Gasteiger partial charge in [0.25, 0.3) is 5.91 Å². The molecule has 8 nitrogen and oxygen atoms in total. The van der Waals surface area contributed by atoms with Crippen molar-refractivity contribution in [1.82, 2.24) is 4.90 Å². The normalized spacial score (nSPS) is 22.7. The van der Waals surface area contributed by atoms with Crippen molar-refractivity contribution in [2.75, 3.05) is 19.7 Å². The molecule has 1 amide bonds. The third-order valence-corrected chi connectivity index (χ3v) is 3.95. The lowest BCUT2D eigenvalue weighted by molar-refractivity contribution is -0.165. The van der Waals surface area contributed by atoms with Crippen LogP contribution < -0.4 is 0 Å². The fourth-order valence-electron chi connectivity index (χ4n) is 2.91. The number of esters is 1. The van der Waals surface area contributed by atoms with Gasteiger partial charge in [-0.25, -0.2) is 4.79 Å². The van der Waals surface area contributed by atoms with Gasteiger partial charge in [0.1, 0.15) is 6.10 Å². The summed E-state index contributed by atoms with van der Waals surface area (Å²) >= 11 is 0. The molecule has 0 spiro atoms. The van der Waals surface area contributed by atoms with Crippen LogP contribution in [0.4, 0.5) is 0 Å². The Morgan fingerprint density at radius 1 is 1.12 bits per heavy atom. The van der Waals surface area contributed by atoms with Crippen LogP contribution in [0.5, 0.6) is 0 Å². The largest absolute Gasteiger partial charge is 0.460 e. The van der Waals surface area contributed by atoms with Crippen molar-refractivity contribution in [3.8, 4) is 0 Å². The quantitative estimate of drug-likeness (QED) is 0.451. The molecule has 0 saturated carbocycles. The van der Waals surface area contributed by atoms with E-state index in [4.69, 9.17) is 9.47 Å². The molecule has 0 unspecified atom stereocenters. The van der Waals surface area contributed by atoms with Gasteiger partial charge in [-0.1, -0.05) is 13.8 Å². The van der Waals surface area contributed by atoms with E-state index in [1.807, 2.05) is 13.8 Å². The molecule has 1 aliphatic heterocycles. The van der Waals surface area contributed by atoms with Crippen LogP contribution in [-0.4, -0.2) is 71.5 Å². The van der Waals surface area contributed by atoms with Crippen LogP contribution in [0.25, 0.3) is 0 Å². The summed E-state index contributed by atoms with van der Waals surface area (Å²) in [5, 5.41) is 10.4. The first-order valence-electron chi connectivity index (χ1n) is 9.19. The predicted molar refractivity (Wildman–Crippen MR) is 93.3 cm³/mol. The van der Waals surface area contributed by atoms with E-state index in [2.05, 4.69) is 4.74 Å². The summed E-state index contributed by atoms with van der Waals surface area (Å²) in [6.45, 7) is 10.00. The lowest BCUT2D eigenvalue weighted by atomic mass is 10.0. The average molecular weight is 373 g/mol. The number of carbonyl (C=O) groups excluding carboxylic acids is 3. The summed E-state index contributed by atoms with van der Waals surface area (Å²) in [6, 6.07) is 0. The molecule has 3 atom stereocenters. The molecule has 1 saturated heterocycles. The van der Waals surface area contributed by atoms with Crippen molar-refractivity contribution < 1.29 is 33.7 Å². The highest BCUT2D eigenvalue weighted by molar-refractivity contribution is 6.33. The number of amides is 1. The molecule has 1 rings (SSSR count). The molecule has 0 bridgehead atoms. The van der Waals surface area contributed by atoms with Crippen molar-refractivity contribution in [1.29, 1.82) is 0 Å². The fraction of sp³-hybridized carbons (Fsp3) is 0.833. The number of ether oxygens (including phenoxy) is 3. The monoisotopic (exact) mass is 373 g/mol. The minimum Gasteiger partial charge on any atom is -0.460 e. The second kappa shape index (κ2) is 9.99. The van der Waals surface area contributed by atoms with E-state index >= 15 is 0 Å². The first-order chi connectivity index (χ1) is 12.2. The van der Waals surface area contributed by atoms with Gasteiger partial charge < -0.3 is 24.2 Å². The van der Waals surface area contributed by atoms with Gasteiger partial charge in [-0.3, -0.25) is 9.59 Å². The number of carbonyl (C=O) groups is 3. The SMILES string of the molecule is CCCN(CCC)C(=O)[C@@H]1OC(C)(C)O[C@@H]1[C@@H](O)CC(=O)C(=O)OCC. The molecule has 0 aromatic carbocycles. The van der Waals surface area contributed by atoms with Gasteiger partial charge in [0.05, 0.1) is 12.7 Å². The zero-order valence-corrected chi connectivity index (χ0v) is 16.3. The first-order valence-corrected chi connectivity index (χ1v) is 9.19. The third-order valence-electron chi connectivity index (χ3n) is 3.95. The highest BCUT2D eigenvalue weighted by atomic mass is 16.8. The molecular formula is C18H31NO7. The Balaban J connectivity index is 2.90. The molecule has 1 heterocycles. The van der Waals surface area contributed by atoms with Crippen LogP contribution in [0, 0.1) is 0 Å².